The number of likely N-dealkylation sites (tertiary alicyclic amines) is 1. The van der Waals surface area contributed by atoms with Gasteiger partial charge in [0.25, 0.3) is 0 Å². The number of ether oxygens (including phenoxy) is 2. The minimum Gasteiger partial charge on any atom is -0.493 e. The number of anilines is 1. The maximum Gasteiger partial charge on any atom is 0.308 e. The molecule has 1 saturated heterocycles. The van der Waals surface area contributed by atoms with Gasteiger partial charge in [0.15, 0.2) is 11.5 Å². The Hall–Kier alpha value is -2.85. The molecule has 0 aliphatic carbocycles. The van der Waals surface area contributed by atoms with Crippen LogP contribution < -0.4 is 14.4 Å². The Morgan fingerprint density at radius 1 is 1.12 bits per heavy atom. The van der Waals surface area contributed by atoms with Crippen LogP contribution >= 0.6 is 23.5 Å². The van der Waals surface area contributed by atoms with Crippen LogP contribution in [0.1, 0.15) is 56.4 Å². The van der Waals surface area contributed by atoms with Crippen LogP contribution in [0.5, 0.6) is 11.5 Å². The van der Waals surface area contributed by atoms with Crippen LogP contribution in [0.2, 0.25) is 0 Å². The molecule has 1 N–H and O–H groups in total. The monoisotopic (exact) mass is 600 g/mol. The van der Waals surface area contributed by atoms with Crippen molar-refractivity contribution < 1.29 is 29.0 Å². The lowest BCUT2D eigenvalue weighted by atomic mass is 9.94. The molecule has 2 aromatic carbocycles. The van der Waals surface area contributed by atoms with E-state index < -0.39 is 17.1 Å². The number of carbonyl (C=O) groups excluding carboxylic acids is 2. The Labute approximate surface area is 251 Å². The number of aliphatic carboxylic acids is 1. The zero-order chi connectivity index (χ0) is 29.9. The third-order valence-corrected chi connectivity index (χ3v) is 9.68. The summed E-state index contributed by atoms with van der Waals surface area (Å²) in [6, 6.07) is 11.9. The summed E-state index contributed by atoms with van der Waals surface area (Å²) in [5.41, 5.74) is 2.47. The van der Waals surface area contributed by atoms with E-state index in [0.717, 1.165) is 21.7 Å². The highest BCUT2D eigenvalue weighted by molar-refractivity contribution is 8.01. The molecule has 3 atom stereocenters. The number of amides is 2. The van der Waals surface area contributed by atoms with Gasteiger partial charge in [-0.05, 0) is 54.3 Å². The van der Waals surface area contributed by atoms with Crippen molar-refractivity contribution in [2.24, 2.45) is 11.3 Å². The smallest absolute Gasteiger partial charge is 0.308 e. The molecule has 2 amide bonds. The summed E-state index contributed by atoms with van der Waals surface area (Å²) in [7, 11) is 3.20. The zero-order valence-electron chi connectivity index (χ0n) is 24.6. The Morgan fingerprint density at radius 2 is 1.88 bits per heavy atom. The Balaban J connectivity index is 1.82. The number of thioether (sulfide) groups is 2. The van der Waals surface area contributed by atoms with E-state index in [2.05, 4.69) is 26.8 Å². The van der Waals surface area contributed by atoms with Crippen LogP contribution in [0.4, 0.5) is 5.69 Å². The maximum absolute atomic E-state index is 14.4. The number of carboxylic acid groups (broad SMARTS) is 1. The first-order valence-corrected chi connectivity index (χ1v) is 16.0. The molecule has 222 valence electrons. The van der Waals surface area contributed by atoms with Gasteiger partial charge < -0.3 is 24.4 Å². The average Bonchev–Trinajstić information content (AvgIpc) is 3.06. The summed E-state index contributed by atoms with van der Waals surface area (Å²) in [6.45, 7) is 7.44. The molecule has 0 spiro atoms. The van der Waals surface area contributed by atoms with Gasteiger partial charge in [-0.15, -0.1) is 23.5 Å². The van der Waals surface area contributed by atoms with Gasteiger partial charge in [-0.25, -0.2) is 0 Å². The summed E-state index contributed by atoms with van der Waals surface area (Å²) in [6.07, 6.45) is 3.20. The van der Waals surface area contributed by atoms with Crippen LogP contribution in [0.15, 0.2) is 41.3 Å². The van der Waals surface area contributed by atoms with E-state index in [9.17, 15) is 19.5 Å². The normalized spacial score (nSPS) is 21.2. The molecule has 10 heteroatoms. The molecule has 2 heterocycles. The fourth-order valence-electron chi connectivity index (χ4n) is 5.53. The van der Waals surface area contributed by atoms with Crippen LogP contribution in [0.25, 0.3) is 0 Å². The van der Waals surface area contributed by atoms with E-state index in [4.69, 9.17) is 9.47 Å². The predicted octanol–water partition coefficient (Wildman–Crippen LogP) is 5.72. The summed E-state index contributed by atoms with van der Waals surface area (Å²) >= 11 is 3.09. The van der Waals surface area contributed by atoms with Crippen LogP contribution in [0.3, 0.4) is 0 Å². The van der Waals surface area contributed by atoms with Crippen molar-refractivity contribution in [3.8, 4) is 11.5 Å². The Bertz CT molecular complexity index is 1290. The first-order valence-electron chi connectivity index (χ1n) is 13.8. The third kappa shape index (κ3) is 6.97. The van der Waals surface area contributed by atoms with E-state index in [0.29, 0.717) is 37.4 Å². The number of carboxylic acids is 1. The molecule has 2 aliphatic rings. The molecule has 1 fully saturated rings. The first-order chi connectivity index (χ1) is 19.5. The summed E-state index contributed by atoms with van der Waals surface area (Å²) < 4.78 is 11.5. The Kier molecular flexibility index (Phi) is 9.85. The number of hydrogen-bond donors (Lipinski definition) is 1. The lowest BCUT2D eigenvalue weighted by Gasteiger charge is -2.33. The second-order valence-electron chi connectivity index (χ2n) is 11.7. The van der Waals surface area contributed by atoms with Crippen molar-refractivity contribution in [1.82, 2.24) is 4.90 Å². The number of para-hydroxylation sites is 1. The molecule has 2 aromatic rings. The second-order valence-corrected chi connectivity index (χ2v) is 13.9. The molecular weight excluding hydrogens is 560 g/mol. The van der Waals surface area contributed by atoms with Gasteiger partial charge in [0.05, 0.1) is 30.6 Å². The number of hydrogen-bond acceptors (Lipinski definition) is 7. The SMILES string of the molecule is COc1cccc([C@@H]2S[C@@H](CC(=O)N3CCCC(C(=O)O)C3)C(=O)N(CC(C)(C)C)c3ccc(SC)cc32)c1OC. The predicted molar refractivity (Wildman–Crippen MR) is 164 cm³/mol. The van der Waals surface area contributed by atoms with E-state index in [1.807, 2.05) is 41.5 Å². The molecule has 41 heavy (non-hydrogen) atoms. The van der Waals surface area contributed by atoms with Gasteiger partial charge in [0.2, 0.25) is 11.8 Å². The molecular formula is C31H40N2O6S2. The molecule has 2 aliphatic heterocycles. The van der Waals surface area contributed by atoms with E-state index in [1.165, 1.54) is 11.8 Å². The fourth-order valence-corrected chi connectivity index (χ4v) is 7.46. The van der Waals surface area contributed by atoms with Crippen LogP contribution in [-0.2, 0) is 14.4 Å². The second kappa shape index (κ2) is 13.0. The van der Waals surface area contributed by atoms with Crippen molar-refractivity contribution >= 4 is 47.0 Å². The van der Waals surface area contributed by atoms with Crippen LogP contribution in [-0.4, -0.2) is 73.1 Å². The van der Waals surface area contributed by atoms with Gasteiger partial charge in [0.1, 0.15) is 0 Å². The molecule has 0 aromatic heterocycles. The summed E-state index contributed by atoms with van der Waals surface area (Å²) in [5, 5.41) is 8.55. The van der Waals surface area contributed by atoms with E-state index in [-0.39, 0.29) is 35.4 Å². The van der Waals surface area contributed by atoms with E-state index in [1.54, 1.807) is 30.9 Å². The Morgan fingerprint density at radius 3 is 2.51 bits per heavy atom. The number of rotatable bonds is 8. The van der Waals surface area contributed by atoms with Gasteiger partial charge in [-0.1, -0.05) is 32.9 Å². The van der Waals surface area contributed by atoms with Crippen molar-refractivity contribution in [2.75, 3.05) is 45.0 Å². The maximum atomic E-state index is 14.4. The van der Waals surface area contributed by atoms with Crippen molar-refractivity contribution in [1.29, 1.82) is 0 Å². The molecule has 0 bridgehead atoms. The highest BCUT2D eigenvalue weighted by atomic mass is 32.2. The largest absolute Gasteiger partial charge is 0.493 e. The number of piperidine rings is 1. The number of fused-ring (bicyclic) bond motifs is 1. The van der Waals surface area contributed by atoms with Crippen LogP contribution in [0, 0.1) is 11.3 Å². The molecule has 4 rings (SSSR count). The minimum absolute atomic E-state index is 0.0113. The van der Waals surface area contributed by atoms with Gasteiger partial charge >= 0.3 is 5.97 Å². The highest BCUT2D eigenvalue weighted by Crippen LogP contribution is 2.51. The van der Waals surface area contributed by atoms with Gasteiger partial charge in [0, 0.05) is 42.2 Å². The molecule has 8 nitrogen and oxygen atoms in total. The zero-order valence-corrected chi connectivity index (χ0v) is 26.3. The quantitative estimate of drug-likeness (QED) is 0.384. The summed E-state index contributed by atoms with van der Waals surface area (Å²) in [4.78, 5) is 44.2. The van der Waals surface area contributed by atoms with Gasteiger partial charge in [-0.3, -0.25) is 14.4 Å². The van der Waals surface area contributed by atoms with Crippen molar-refractivity contribution in [3.05, 3.63) is 47.5 Å². The number of carbonyl (C=O) groups is 3. The lowest BCUT2D eigenvalue weighted by molar-refractivity contribution is -0.146. The van der Waals surface area contributed by atoms with Crippen molar-refractivity contribution in [2.45, 2.75) is 55.4 Å². The standard InChI is InChI=1S/C31H40N2O6S2/c1-31(2,3)18-33-23-13-12-20(40-6)15-22(23)28(21-10-7-11-24(38-4)27(21)39-5)41-25(29(33)35)16-26(34)32-14-8-9-19(17-32)30(36)37/h7,10-13,15,19,25,28H,8-9,14,16-18H2,1-6H3,(H,36,37)/t19?,25-,28-/m0/s1. The third-order valence-electron chi connectivity index (χ3n) is 7.48. The molecule has 0 radical (unpaired) electrons. The van der Waals surface area contributed by atoms with E-state index >= 15 is 0 Å². The minimum atomic E-state index is -0.885. The van der Waals surface area contributed by atoms with Gasteiger partial charge in [-0.2, -0.15) is 0 Å². The number of nitrogens with zero attached hydrogens (tertiary/aromatic N) is 2. The fraction of sp³-hybridized carbons (Fsp3) is 0.516. The summed E-state index contributed by atoms with van der Waals surface area (Å²) in [5.74, 6) is -0.585. The first kappa shape index (κ1) is 31.1. The molecule has 0 saturated carbocycles. The molecule has 1 unspecified atom stereocenters. The topological polar surface area (TPSA) is 96.4 Å². The van der Waals surface area contributed by atoms with Crippen molar-refractivity contribution in [3.63, 3.8) is 0 Å². The average molecular weight is 601 g/mol. The highest BCUT2D eigenvalue weighted by Gasteiger charge is 2.41. The number of benzene rings is 2. The lowest BCUT2D eigenvalue weighted by Crippen LogP contribution is -2.46. The number of methoxy groups -OCH3 is 2.